The van der Waals surface area contributed by atoms with E-state index in [1.165, 1.54) is 16.7 Å². The summed E-state index contributed by atoms with van der Waals surface area (Å²) in [5, 5.41) is 0. The second-order valence-corrected chi connectivity index (χ2v) is 4.54. The molecule has 0 aliphatic carbocycles. The Morgan fingerprint density at radius 1 is 1.05 bits per heavy atom. The van der Waals surface area contributed by atoms with Gasteiger partial charge >= 0.3 is 0 Å². The Morgan fingerprint density at radius 3 is 2.21 bits per heavy atom. The minimum Gasteiger partial charge on any atom is -0.261 e. The van der Waals surface area contributed by atoms with Crippen LogP contribution in [0.25, 0.3) is 0 Å². The van der Waals surface area contributed by atoms with Crippen molar-refractivity contribution in [3.8, 4) is 0 Å². The molecular formula is C15H17N3Ni. The van der Waals surface area contributed by atoms with Crippen LogP contribution in [-0.4, -0.2) is 15.7 Å². The maximum absolute atomic E-state index is 4.68. The Labute approximate surface area is 124 Å². The summed E-state index contributed by atoms with van der Waals surface area (Å²) in [5.74, 6) is 0. The van der Waals surface area contributed by atoms with Crippen molar-refractivity contribution in [2.45, 2.75) is 27.7 Å². The maximum atomic E-state index is 4.68. The van der Waals surface area contributed by atoms with Crippen molar-refractivity contribution < 1.29 is 16.5 Å². The van der Waals surface area contributed by atoms with Crippen LogP contribution < -0.4 is 0 Å². The van der Waals surface area contributed by atoms with Gasteiger partial charge in [0.25, 0.3) is 0 Å². The molecule has 1 heterocycles. The molecule has 0 saturated heterocycles. The van der Waals surface area contributed by atoms with Gasteiger partial charge in [-0.2, -0.15) is 0 Å². The van der Waals surface area contributed by atoms with Gasteiger partial charge in [0.2, 0.25) is 0 Å². The first-order chi connectivity index (χ1) is 8.58. The molecule has 0 bridgehead atoms. The van der Waals surface area contributed by atoms with Crippen LogP contribution in [0.15, 0.2) is 35.7 Å². The molecule has 0 spiro atoms. The number of hydrogen-bond acceptors (Lipinski definition) is 3. The van der Waals surface area contributed by atoms with Crippen LogP contribution in [-0.2, 0) is 16.5 Å². The minimum atomic E-state index is 0. The molecule has 102 valence electrons. The average Bonchev–Trinajstić information content (AvgIpc) is 2.34. The van der Waals surface area contributed by atoms with Gasteiger partial charge < -0.3 is 0 Å². The Balaban J connectivity index is 0.00000180. The topological polar surface area (TPSA) is 38.1 Å². The van der Waals surface area contributed by atoms with E-state index in [1.807, 2.05) is 6.92 Å². The van der Waals surface area contributed by atoms with Crippen LogP contribution in [0.3, 0.4) is 0 Å². The summed E-state index contributed by atoms with van der Waals surface area (Å²) in [7, 11) is 0. The smallest absolute Gasteiger partial charge is 0.102 e. The number of nitrogens with zero attached hydrogens (tertiary/aromatic N) is 3. The molecule has 0 saturated carbocycles. The van der Waals surface area contributed by atoms with E-state index >= 15 is 0 Å². The molecule has 0 radical (unpaired) electrons. The second-order valence-electron chi connectivity index (χ2n) is 4.54. The van der Waals surface area contributed by atoms with Gasteiger partial charge in [-0.15, -0.1) is 0 Å². The molecule has 4 heteroatoms. The average molecular weight is 298 g/mol. The third-order valence-corrected chi connectivity index (χ3v) is 2.85. The van der Waals surface area contributed by atoms with Crippen LogP contribution in [0.4, 0.5) is 5.69 Å². The van der Waals surface area contributed by atoms with Gasteiger partial charge in [-0.1, -0.05) is 17.7 Å². The van der Waals surface area contributed by atoms with Crippen LogP contribution in [0.5, 0.6) is 0 Å². The Morgan fingerprint density at radius 2 is 1.68 bits per heavy atom. The Bertz CT molecular complexity index is 569. The predicted molar refractivity (Wildman–Crippen MR) is 74.6 cm³/mol. The molecule has 0 fully saturated rings. The van der Waals surface area contributed by atoms with Gasteiger partial charge in [0, 0.05) is 28.9 Å². The van der Waals surface area contributed by atoms with Crippen LogP contribution in [0.2, 0.25) is 0 Å². The monoisotopic (exact) mass is 297 g/mol. The summed E-state index contributed by atoms with van der Waals surface area (Å²) < 4.78 is 0. The minimum absolute atomic E-state index is 0. The molecule has 0 unspecified atom stereocenters. The SMILES string of the molecule is CC(=Nc1c(C)cc(C)cc1C)c1cnccn1.[Ni]. The van der Waals surface area contributed by atoms with E-state index < -0.39 is 0 Å². The van der Waals surface area contributed by atoms with Crippen molar-refractivity contribution in [2.24, 2.45) is 4.99 Å². The zero-order chi connectivity index (χ0) is 13.1. The number of aliphatic imine (C=N–C) groups is 1. The van der Waals surface area contributed by atoms with Crippen molar-refractivity contribution in [3.63, 3.8) is 0 Å². The van der Waals surface area contributed by atoms with Gasteiger partial charge in [0.1, 0.15) is 5.69 Å². The zero-order valence-corrected chi connectivity index (χ0v) is 12.5. The first-order valence-corrected chi connectivity index (χ1v) is 5.97. The molecule has 0 N–H and O–H groups in total. The summed E-state index contributed by atoms with van der Waals surface area (Å²) in [6.45, 7) is 8.23. The van der Waals surface area contributed by atoms with Crippen molar-refractivity contribution >= 4 is 11.4 Å². The van der Waals surface area contributed by atoms with E-state index in [1.54, 1.807) is 18.6 Å². The standard InChI is InChI=1S/C15H17N3.Ni/c1-10-7-11(2)15(12(3)8-10)18-13(4)14-9-16-5-6-17-14;/h5-9H,1-4H3;. The van der Waals surface area contributed by atoms with Gasteiger partial charge in [-0.3, -0.25) is 15.0 Å². The number of hydrogen-bond donors (Lipinski definition) is 0. The predicted octanol–water partition coefficient (Wildman–Crippen LogP) is 3.54. The maximum Gasteiger partial charge on any atom is 0.102 e. The molecule has 2 aromatic rings. The first kappa shape index (κ1) is 15.5. The fourth-order valence-electron chi connectivity index (χ4n) is 2.06. The molecule has 0 atom stereocenters. The second kappa shape index (κ2) is 6.58. The van der Waals surface area contributed by atoms with Gasteiger partial charge in [0.15, 0.2) is 0 Å². The number of benzene rings is 1. The molecule has 0 aliphatic rings. The fraction of sp³-hybridized carbons (Fsp3) is 0.267. The van der Waals surface area contributed by atoms with E-state index in [-0.39, 0.29) is 16.5 Å². The first-order valence-electron chi connectivity index (χ1n) is 5.97. The summed E-state index contributed by atoms with van der Waals surface area (Å²) in [5.41, 5.74) is 6.38. The normalized spacial score (nSPS) is 11.1. The van der Waals surface area contributed by atoms with Crippen LogP contribution in [0, 0.1) is 20.8 Å². The van der Waals surface area contributed by atoms with Gasteiger partial charge in [0.05, 0.1) is 17.6 Å². The third-order valence-electron chi connectivity index (χ3n) is 2.85. The number of aryl methyl sites for hydroxylation is 3. The quantitative estimate of drug-likeness (QED) is 0.628. The Hall–Kier alpha value is -1.54. The van der Waals surface area contributed by atoms with E-state index in [0.717, 1.165) is 17.1 Å². The summed E-state index contributed by atoms with van der Waals surface area (Å²) in [6.07, 6.45) is 5.08. The fourth-order valence-corrected chi connectivity index (χ4v) is 2.06. The molecule has 0 amide bonds. The molecular weight excluding hydrogens is 281 g/mol. The van der Waals surface area contributed by atoms with Crippen molar-refractivity contribution in [1.29, 1.82) is 0 Å². The van der Waals surface area contributed by atoms with Crippen molar-refractivity contribution in [3.05, 3.63) is 53.1 Å². The van der Waals surface area contributed by atoms with Crippen LogP contribution >= 0.6 is 0 Å². The zero-order valence-electron chi connectivity index (χ0n) is 11.5. The molecule has 19 heavy (non-hydrogen) atoms. The van der Waals surface area contributed by atoms with E-state index in [0.29, 0.717) is 0 Å². The molecule has 2 rings (SSSR count). The molecule has 1 aromatic carbocycles. The third kappa shape index (κ3) is 3.71. The van der Waals surface area contributed by atoms with Crippen molar-refractivity contribution in [2.75, 3.05) is 0 Å². The Kier molecular flexibility index (Phi) is 5.37. The summed E-state index contributed by atoms with van der Waals surface area (Å²) >= 11 is 0. The van der Waals surface area contributed by atoms with Crippen molar-refractivity contribution in [1.82, 2.24) is 9.97 Å². The molecule has 1 aromatic heterocycles. The van der Waals surface area contributed by atoms with E-state index in [2.05, 4.69) is 47.9 Å². The number of rotatable bonds is 2. The van der Waals surface area contributed by atoms with E-state index in [9.17, 15) is 0 Å². The van der Waals surface area contributed by atoms with E-state index in [4.69, 9.17) is 0 Å². The van der Waals surface area contributed by atoms with Gasteiger partial charge in [-0.05, 0) is 38.8 Å². The molecule has 0 aliphatic heterocycles. The molecule has 3 nitrogen and oxygen atoms in total. The summed E-state index contributed by atoms with van der Waals surface area (Å²) in [6, 6.07) is 4.30. The van der Waals surface area contributed by atoms with Crippen LogP contribution in [0.1, 0.15) is 29.3 Å². The summed E-state index contributed by atoms with van der Waals surface area (Å²) in [4.78, 5) is 13.0. The van der Waals surface area contributed by atoms with Gasteiger partial charge in [-0.25, -0.2) is 0 Å². The largest absolute Gasteiger partial charge is 0.261 e. The number of aromatic nitrogens is 2.